The number of nitrogens with one attached hydrogen (secondary N) is 1. The van der Waals surface area contributed by atoms with Crippen molar-refractivity contribution in [3.63, 3.8) is 0 Å². The van der Waals surface area contributed by atoms with Crippen LogP contribution in [0, 0.1) is 0 Å². The van der Waals surface area contributed by atoms with Gasteiger partial charge in [0.1, 0.15) is 0 Å². The van der Waals surface area contributed by atoms with Crippen LogP contribution in [0.4, 0.5) is 0 Å². The van der Waals surface area contributed by atoms with Gasteiger partial charge in [0.05, 0.1) is 6.04 Å². The van der Waals surface area contributed by atoms with Gasteiger partial charge in [-0.2, -0.15) is 0 Å². The first-order chi connectivity index (χ1) is 8.34. The highest BCUT2D eigenvalue weighted by Crippen LogP contribution is 2.38. The summed E-state index contributed by atoms with van der Waals surface area (Å²) in [5.41, 5.74) is 4.68. The summed E-state index contributed by atoms with van der Waals surface area (Å²) in [5.74, 6) is 0. The first-order valence-electron chi connectivity index (χ1n) is 6.54. The summed E-state index contributed by atoms with van der Waals surface area (Å²) < 4.78 is 0. The molecule has 1 aliphatic carbocycles. The topological polar surface area (TPSA) is 12.0 Å². The molecule has 0 amide bonds. The van der Waals surface area contributed by atoms with Crippen LogP contribution in [0.25, 0.3) is 0 Å². The lowest BCUT2D eigenvalue weighted by Gasteiger charge is -2.33. The zero-order chi connectivity index (χ0) is 11.7. The van der Waals surface area contributed by atoms with Gasteiger partial charge in [0.25, 0.3) is 0 Å². The molecule has 0 bridgehead atoms. The molecule has 1 aromatic rings. The van der Waals surface area contributed by atoms with Gasteiger partial charge in [0.15, 0.2) is 0 Å². The van der Waals surface area contributed by atoms with Crippen molar-refractivity contribution in [3.05, 3.63) is 46.0 Å². The van der Waals surface area contributed by atoms with Crippen LogP contribution in [-0.4, -0.2) is 6.54 Å². The van der Waals surface area contributed by atoms with Gasteiger partial charge < -0.3 is 5.32 Å². The Hall–Kier alpha value is -0.790. The van der Waals surface area contributed by atoms with E-state index in [1.165, 1.54) is 37.7 Å². The first-order valence-corrected chi connectivity index (χ1v) is 6.92. The third-order valence-electron chi connectivity index (χ3n) is 3.93. The fourth-order valence-electron chi connectivity index (χ4n) is 3.12. The average Bonchev–Trinajstić information content (AvgIpc) is 2.38. The van der Waals surface area contributed by atoms with Crippen LogP contribution in [0.1, 0.15) is 43.7 Å². The Morgan fingerprint density at radius 3 is 2.88 bits per heavy atom. The Balaban J connectivity index is 1.97. The summed E-state index contributed by atoms with van der Waals surface area (Å²) in [4.78, 5) is 0. The number of halogens is 1. The van der Waals surface area contributed by atoms with E-state index in [2.05, 4.69) is 23.5 Å². The van der Waals surface area contributed by atoms with Crippen molar-refractivity contribution in [2.75, 3.05) is 6.54 Å². The second kappa shape index (κ2) is 4.83. The second-order valence-corrected chi connectivity index (χ2v) is 5.46. The summed E-state index contributed by atoms with van der Waals surface area (Å²) in [7, 11) is 0. The predicted octanol–water partition coefficient (Wildman–Crippen LogP) is 4.25. The van der Waals surface area contributed by atoms with Crippen molar-refractivity contribution >= 4 is 11.6 Å². The van der Waals surface area contributed by atoms with Crippen molar-refractivity contribution in [2.24, 2.45) is 0 Å². The molecule has 0 aromatic heterocycles. The molecule has 2 aliphatic rings. The van der Waals surface area contributed by atoms with Gasteiger partial charge in [-0.3, -0.25) is 0 Å². The standard InChI is InChI=1S/C15H18ClN/c16-13-6-3-5-12(10-13)15-14-7-2-1-4-11(14)8-9-17-15/h3,5-6,10,15,17H,1-2,4,7-9H2. The van der Waals surface area contributed by atoms with Crippen LogP contribution >= 0.6 is 11.6 Å². The van der Waals surface area contributed by atoms with Gasteiger partial charge in [0.2, 0.25) is 0 Å². The van der Waals surface area contributed by atoms with Crippen molar-refractivity contribution < 1.29 is 0 Å². The molecule has 17 heavy (non-hydrogen) atoms. The lowest BCUT2D eigenvalue weighted by molar-refractivity contribution is 0.489. The third kappa shape index (κ3) is 2.27. The van der Waals surface area contributed by atoms with Gasteiger partial charge in [-0.05, 0) is 61.9 Å². The summed E-state index contributed by atoms with van der Waals surface area (Å²) in [5, 5.41) is 4.49. The van der Waals surface area contributed by atoms with Gasteiger partial charge in [-0.1, -0.05) is 29.3 Å². The maximum atomic E-state index is 6.10. The van der Waals surface area contributed by atoms with E-state index in [9.17, 15) is 0 Å². The number of hydrogen-bond acceptors (Lipinski definition) is 1. The highest BCUT2D eigenvalue weighted by molar-refractivity contribution is 6.30. The summed E-state index contributed by atoms with van der Waals surface area (Å²) in [6, 6.07) is 8.71. The van der Waals surface area contributed by atoms with Crippen molar-refractivity contribution in [3.8, 4) is 0 Å². The van der Waals surface area contributed by atoms with Crippen LogP contribution in [0.2, 0.25) is 5.02 Å². The number of rotatable bonds is 1. The normalized spacial score (nSPS) is 24.6. The van der Waals surface area contributed by atoms with Crippen molar-refractivity contribution in [1.29, 1.82) is 0 Å². The largest absolute Gasteiger partial charge is 0.306 e. The fraction of sp³-hybridized carbons (Fsp3) is 0.467. The van der Waals surface area contributed by atoms with Gasteiger partial charge in [0, 0.05) is 5.02 Å². The minimum absolute atomic E-state index is 0.415. The Morgan fingerprint density at radius 2 is 2.00 bits per heavy atom. The van der Waals surface area contributed by atoms with Gasteiger partial charge in [-0.15, -0.1) is 0 Å². The van der Waals surface area contributed by atoms with E-state index in [1.807, 2.05) is 6.07 Å². The van der Waals surface area contributed by atoms with E-state index in [0.29, 0.717) is 6.04 Å². The van der Waals surface area contributed by atoms with Crippen LogP contribution in [0.3, 0.4) is 0 Å². The molecule has 1 nitrogen and oxygen atoms in total. The maximum Gasteiger partial charge on any atom is 0.0539 e. The Morgan fingerprint density at radius 1 is 1.12 bits per heavy atom. The molecule has 1 aromatic carbocycles. The molecule has 0 spiro atoms. The van der Waals surface area contributed by atoms with E-state index < -0.39 is 0 Å². The molecule has 0 radical (unpaired) electrons. The molecule has 1 unspecified atom stereocenters. The van der Waals surface area contributed by atoms with Gasteiger partial charge >= 0.3 is 0 Å². The SMILES string of the molecule is Clc1cccc(C2NCCC3=C2CCCC3)c1. The monoisotopic (exact) mass is 247 g/mol. The molecule has 0 saturated carbocycles. The molecule has 2 heteroatoms. The predicted molar refractivity (Wildman–Crippen MR) is 72.3 cm³/mol. The van der Waals surface area contributed by atoms with Gasteiger partial charge in [-0.25, -0.2) is 0 Å². The van der Waals surface area contributed by atoms with E-state index in [4.69, 9.17) is 11.6 Å². The quantitative estimate of drug-likeness (QED) is 0.732. The number of hydrogen-bond donors (Lipinski definition) is 1. The smallest absolute Gasteiger partial charge is 0.0539 e. The van der Waals surface area contributed by atoms with Crippen LogP contribution in [-0.2, 0) is 0 Å². The highest BCUT2D eigenvalue weighted by atomic mass is 35.5. The Bertz CT molecular complexity index is 446. The zero-order valence-electron chi connectivity index (χ0n) is 10.0. The Kier molecular flexibility index (Phi) is 3.21. The molecule has 1 aliphatic heterocycles. The van der Waals surface area contributed by atoms with Crippen LogP contribution < -0.4 is 5.32 Å². The van der Waals surface area contributed by atoms with E-state index in [-0.39, 0.29) is 0 Å². The molecular weight excluding hydrogens is 230 g/mol. The van der Waals surface area contributed by atoms with E-state index in [0.717, 1.165) is 11.6 Å². The molecule has 90 valence electrons. The fourth-order valence-corrected chi connectivity index (χ4v) is 3.32. The Labute approximate surface area is 108 Å². The van der Waals surface area contributed by atoms with Crippen LogP contribution in [0.5, 0.6) is 0 Å². The summed E-state index contributed by atoms with van der Waals surface area (Å²) in [6.45, 7) is 1.11. The molecule has 1 heterocycles. The first kappa shape index (κ1) is 11.3. The molecule has 1 N–H and O–H groups in total. The average molecular weight is 248 g/mol. The number of benzene rings is 1. The zero-order valence-corrected chi connectivity index (χ0v) is 10.8. The van der Waals surface area contributed by atoms with Crippen molar-refractivity contribution in [2.45, 2.75) is 38.1 Å². The van der Waals surface area contributed by atoms with Crippen LogP contribution in [0.15, 0.2) is 35.4 Å². The third-order valence-corrected chi connectivity index (χ3v) is 4.17. The molecule has 0 fully saturated rings. The lowest BCUT2D eigenvalue weighted by Crippen LogP contribution is -2.31. The van der Waals surface area contributed by atoms with Crippen molar-refractivity contribution in [1.82, 2.24) is 5.32 Å². The van der Waals surface area contributed by atoms with E-state index in [1.54, 1.807) is 11.1 Å². The highest BCUT2D eigenvalue weighted by Gasteiger charge is 2.25. The molecular formula is C15H18ClN. The van der Waals surface area contributed by atoms with E-state index >= 15 is 0 Å². The second-order valence-electron chi connectivity index (χ2n) is 5.03. The summed E-state index contributed by atoms with van der Waals surface area (Å²) in [6.07, 6.45) is 6.54. The minimum Gasteiger partial charge on any atom is -0.306 e. The molecule has 1 atom stereocenters. The molecule has 3 rings (SSSR count). The maximum absolute atomic E-state index is 6.10. The minimum atomic E-state index is 0.415. The summed E-state index contributed by atoms with van der Waals surface area (Å²) >= 11 is 6.10. The molecule has 0 saturated heterocycles. The lowest BCUT2D eigenvalue weighted by atomic mass is 9.81.